The van der Waals surface area contributed by atoms with Gasteiger partial charge in [0.25, 0.3) is 5.91 Å². The van der Waals surface area contributed by atoms with Crippen molar-refractivity contribution in [2.24, 2.45) is 0 Å². The summed E-state index contributed by atoms with van der Waals surface area (Å²) in [6.45, 7) is 2.34. The van der Waals surface area contributed by atoms with E-state index in [-0.39, 0.29) is 5.91 Å². The number of nitrogens with two attached hydrogens (primary N) is 1. The van der Waals surface area contributed by atoms with Crippen molar-refractivity contribution in [1.29, 1.82) is 0 Å². The number of hydrogen-bond acceptors (Lipinski definition) is 5. The number of amides is 1. The number of nitrogen functional groups attached to an aromatic ring is 1. The van der Waals surface area contributed by atoms with E-state index in [9.17, 15) is 4.79 Å². The van der Waals surface area contributed by atoms with Gasteiger partial charge < -0.3 is 15.8 Å². The minimum Gasteiger partial charge on any atom is -0.495 e. The van der Waals surface area contributed by atoms with Crippen LogP contribution in [-0.4, -0.2) is 18.0 Å². The van der Waals surface area contributed by atoms with Crippen LogP contribution in [0.4, 0.5) is 5.69 Å². The number of thiazole rings is 1. The molecule has 0 bridgehead atoms. The van der Waals surface area contributed by atoms with E-state index in [2.05, 4.69) is 10.3 Å². The molecule has 0 saturated carbocycles. The van der Waals surface area contributed by atoms with Crippen molar-refractivity contribution in [3.63, 3.8) is 0 Å². The molecule has 1 aromatic carbocycles. The molecule has 0 fully saturated rings. The highest BCUT2D eigenvalue weighted by Crippen LogP contribution is 2.21. The summed E-state index contributed by atoms with van der Waals surface area (Å²) in [4.78, 5) is 16.2. The van der Waals surface area contributed by atoms with Crippen LogP contribution in [0.5, 0.6) is 5.75 Å². The van der Waals surface area contributed by atoms with Gasteiger partial charge in [0, 0.05) is 16.6 Å². The van der Waals surface area contributed by atoms with Gasteiger partial charge in [-0.3, -0.25) is 4.79 Å². The summed E-state index contributed by atoms with van der Waals surface area (Å²) in [6.07, 6.45) is 0. The number of benzene rings is 1. The van der Waals surface area contributed by atoms with Crippen molar-refractivity contribution in [1.82, 2.24) is 10.3 Å². The third kappa shape index (κ3) is 3.23. The van der Waals surface area contributed by atoms with E-state index in [0.717, 1.165) is 10.7 Å². The van der Waals surface area contributed by atoms with Gasteiger partial charge in [-0.05, 0) is 25.1 Å². The van der Waals surface area contributed by atoms with Crippen molar-refractivity contribution in [2.45, 2.75) is 13.5 Å². The first-order valence-corrected chi connectivity index (χ1v) is 6.61. The van der Waals surface area contributed by atoms with E-state index < -0.39 is 0 Å². The van der Waals surface area contributed by atoms with Crippen molar-refractivity contribution < 1.29 is 9.53 Å². The fraction of sp³-hybridized carbons (Fsp3) is 0.231. The summed E-state index contributed by atoms with van der Waals surface area (Å²) < 4.78 is 5.05. The molecule has 3 N–H and O–H groups in total. The number of nitrogens with one attached hydrogen (secondary N) is 1. The molecule has 0 spiro atoms. The van der Waals surface area contributed by atoms with Crippen LogP contribution in [-0.2, 0) is 6.54 Å². The zero-order valence-electron chi connectivity index (χ0n) is 10.8. The Morgan fingerprint density at radius 1 is 1.53 bits per heavy atom. The predicted octanol–water partition coefficient (Wildman–Crippen LogP) is 1.97. The topological polar surface area (TPSA) is 77.2 Å². The maximum absolute atomic E-state index is 11.9. The number of rotatable bonds is 4. The van der Waals surface area contributed by atoms with Gasteiger partial charge >= 0.3 is 0 Å². The van der Waals surface area contributed by atoms with E-state index in [4.69, 9.17) is 10.5 Å². The Balaban J connectivity index is 2.01. The van der Waals surface area contributed by atoms with Gasteiger partial charge in [-0.25, -0.2) is 4.98 Å². The van der Waals surface area contributed by atoms with Gasteiger partial charge in [0.2, 0.25) is 0 Å². The molecule has 0 radical (unpaired) electrons. The second-order valence-corrected chi connectivity index (χ2v) is 4.96. The first-order chi connectivity index (χ1) is 9.10. The van der Waals surface area contributed by atoms with Gasteiger partial charge in [-0.1, -0.05) is 0 Å². The number of hydrogen-bond donors (Lipinski definition) is 2. The number of aryl methyl sites for hydroxylation is 1. The van der Waals surface area contributed by atoms with Crippen LogP contribution in [0, 0.1) is 6.92 Å². The largest absolute Gasteiger partial charge is 0.495 e. The maximum atomic E-state index is 11.9. The number of carbonyl (C=O) groups is 1. The molecule has 0 saturated heterocycles. The molecule has 0 aliphatic carbocycles. The Morgan fingerprint density at radius 2 is 2.32 bits per heavy atom. The summed E-state index contributed by atoms with van der Waals surface area (Å²) in [5.74, 6) is 0.384. The molecule has 5 nitrogen and oxygen atoms in total. The van der Waals surface area contributed by atoms with Crippen molar-refractivity contribution >= 4 is 22.9 Å². The molecule has 100 valence electrons. The molecule has 0 aliphatic rings. The van der Waals surface area contributed by atoms with Crippen molar-refractivity contribution in [3.8, 4) is 5.75 Å². The van der Waals surface area contributed by atoms with Crippen LogP contribution >= 0.6 is 11.3 Å². The van der Waals surface area contributed by atoms with Crippen LogP contribution in [0.1, 0.15) is 21.1 Å². The second kappa shape index (κ2) is 5.71. The van der Waals surface area contributed by atoms with E-state index in [1.807, 2.05) is 12.3 Å². The number of ether oxygens (including phenoxy) is 1. The van der Waals surface area contributed by atoms with Gasteiger partial charge in [0.1, 0.15) is 10.8 Å². The van der Waals surface area contributed by atoms with E-state index in [1.54, 1.807) is 18.2 Å². The summed E-state index contributed by atoms with van der Waals surface area (Å²) in [5.41, 5.74) is 7.68. The Morgan fingerprint density at radius 3 is 2.89 bits per heavy atom. The fourth-order valence-corrected chi connectivity index (χ4v) is 2.33. The molecular weight excluding hydrogens is 262 g/mol. The summed E-state index contributed by atoms with van der Waals surface area (Å²) in [7, 11) is 1.54. The molecule has 0 aliphatic heterocycles. The number of aromatic nitrogens is 1. The Hall–Kier alpha value is -2.08. The van der Waals surface area contributed by atoms with Gasteiger partial charge in [-0.15, -0.1) is 11.3 Å². The van der Waals surface area contributed by atoms with E-state index in [1.165, 1.54) is 18.4 Å². The lowest BCUT2D eigenvalue weighted by molar-refractivity contribution is 0.0951. The predicted molar refractivity (Wildman–Crippen MR) is 75.4 cm³/mol. The van der Waals surface area contributed by atoms with Crippen LogP contribution < -0.4 is 15.8 Å². The van der Waals surface area contributed by atoms with Gasteiger partial charge in [0.05, 0.1) is 19.3 Å². The quantitative estimate of drug-likeness (QED) is 0.838. The molecule has 0 unspecified atom stereocenters. The summed E-state index contributed by atoms with van der Waals surface area (Å²) >= 11 is 1.53. The standard InChI is InChI=1S/C13H15N3O2S/c1-8-7-19-12(16-8)6-15-13(17)9-3-4-11(18-2)10(14)5-9/h3-5,7H,6,14H2,1-2H3,(H,15,17). The monoisotopic (exact) mass is 277 g/mol. The summed E-state index contributed by atoms with van der Waals surface area (Å²) in [5, 5.41) is 5.64. The zero-order valence-corrected chi connectivity index (χ0v) is 11.6. The SMILES string of the molecule is COc1ccc(C(=O)NCc2nc(C)cs2)cc1N. The highest BCUT2D eigenvalue weighted by Gasteiger charge is 2.09. The Labute approximate surface area is 115 Å². The number of methoxy groups -OCH3 is 1. The molecule has 1 amide bonds. The first-order valence-electron chi connectivity index (χ1n) is 5.73. The average Bonchev–Trinajstić information content (AvgIpc) is 2.81. The smallest absolute Gasteiger partial charge is 0.251 e. The Kier molecular flexibility index (Phi) is 4.01. The lowest BCUT2D eigenvalue weighted by Gasteiger charge is -2.07. The molecular formula is C13H15N3O2S. The number of carbonyl (C=O) groups excluding carboxylic acids is 1. The first kappa shape index (κ1) is 13.4. The fourth-order valence-electron chi connectivity index (χ4n) is 1.62. The van der Waals surface area contributed by atoms with Crippen LogP contribution in [0.25, 0.3) is 0 Å². The number of anilines is 1. The minimum absolute atomic E-state index is 0.179. The van der Waals surface area contributed by atoms with E-state index >= 15 is 0 Å². The third-order valence-corrected chi connectivity index (χ3v) is 3.53. The van der Waals surface area contributed by atoms with Gasteiger partial charge in [0.15, 0.2) is 0 Å². The maximum Gasteiger partial charge on any atom is 0.251 e. The molecule has 19 heavy (non-hydrogen) atoms. The van der Waals surface area contributed by atoms with Gasteiger partial charge in [-0.2, -0.15) is 0 Å². The lowest BCUT2D eigenvalue weighted by atomic mass is 10.2. The molecule has 1 aromatic heterocycles. The molecule has 2 rings (SSSR count). The lowest BCUT2D eigenvalue weighted by Crippen LogP contribution is -2.22. The molecule has 6 heteroatoms. The number of nitrogens with zero attached hydrogens (tertiary/aromatic N) is 1. The van der Waals surface area contributed by atoms with Crippen LogP contribution in [0.3, 0.4) is 0 Å². The Bertz CT molecular complexity index is 595. The highest BCUT2D eigenvalue weighted by atomic mass is 32.1. The average molecular weight is 277 g/mol. The van der Waals surface area contributed by atoms with E-state index in [0.29, 0.717) is 23.5 Å². The minimum atomic E-state index is -0.179. The molecule has 2 aromatic rings. The van der Waals surface area contributed by atoms with Crippen molar-refractivity contribution in [3.05, 3.63) is 39.8 Å². The normalized spacial score (nSPS) is 10.2. The second-order valence-electron chi connectivity index (χ2n) is 4.02. The van der Waals surface area contributed by atoms with Crippen LogP contribution in [0.2, 0.25) is 0 Å². The van der Waals surface area contributed by atoms with Crippen molar-refractivity contribution in [2.75, 3.05) is 12.8 Å². The van der Waals surface area contributed by atoms with Crippen LogP contribution in [0.15, 0.2) is 23.6 Å². The summed E-state index contributed by atoms with van der Waals surface area (Å²) in [6, 6.07) is 4.96. The highest BCUT2D eigenvalue weighted by molar-refractivity contribution is 7.09. The molecule has 1 heterocycles. The zero-order chi connectivity index (χ0) is 13.8. The molecule has 0 atom stereocenters. The third-order valence-electron chi connectivity index (χ3n) is 2.56.